The van der Waals surface area contributed by atoms with Crippen LogP contribution in [0.4, 0.5) is 5.95 Å². The Morgan fingerprint density at radius 1 is 1.46 bits per heavy atom. The highest BCUT2D eigenvalue weighted by atomic mass is 16.5. The minimum absolute atomic E-state index is 0.132. The van der Waals surface area contributed by atoms with Gasteiger partial charge in [0.15, 0.2) is 5.76 Å². The highest BCUT2D eigenvalue weighted by molar-refractivity contribution is 6.02. The van der Waals surface area contributed by atoms with Crippen molar-refractivity contribution >= 4 is 11.9 Å². The van der Waals surface area contributed by atoms with Crippen LogP contribution in [-0.4, -0.2) is 20.7 Å². The van der Waals surface area contributed by atoms with Gasteiger partial charge in [-0.15, -0.1) is 0 Å². The summed E-state index contributed by atoms with van der Waals surface area (Å²) >= 11 is 0. The van der Waals surface area contributed by atoms with Gasteiger partial charge in [-0.05, 0) is 24.3 Å². The van der Waals surface area contributed by atoms with Gasteiger partial charge in [-0.2, -0.15) is 15.3 Å². The van der Waals surface area contributed by atoms with Crippen molar-refractivity contribution in [3.05, 3.63) is 59.8 Å². The van der Waals surface area contributed by atoms with Crippen LogP contribution >= 0.6 is 0 Å². The lowest BCUT2D eigenvalue weighted by Gasteiger charge is -2.07. The van der Waals surface area contributed by atoms with Gasteiger partial charge in [0, 0.05) is 12.6 Å². The lowest BCUT2D eigenvalue weighted by atomic mass is 10.2. The van der Waals surface area contributed by atoms with Crippen molar-refractivity contribution in [2.24, 2.45) is 7.05 Å². The zero-order valence-electron chi connectivity index (χ0n) is 12.8. The molecular formula is C16H13N5O3. The number of hydrogen-bond acceptors (Lipinski definition) is 6. The molecule has 1 amide bonds. The van der Waals surface area contributed by atoms with Crippen LogP contribution in [0.2, 0.25) is 0 Å². The van der Waals surface area contributed by atoms with E-state index in [9.17, 15) is 4.79 Å². The van der Waals surface area contributed by atoms with E-state index < -0.39 is 5.91 Å². The number of amides is 1. The van der Waals surface area contributed by atoms with Crippen LogP contribution in [0.1, 0.15) is 21.7 Å². The maximum atomic E-state index is 12.3. The summed E-state index contributed by atoms with van der Waals surface area (Å²) < 4.78 is 12.3. The second kappa shape index (κ2) is 6.66. The zero-order chi connectivity index (χ0) is 16.9. The quantitative estimate of drug-likeness (QED) is 0.771. The summed E-state index contributed by atoms with van der Waals surface area (Å²) in [7, 11) is 1.66. The number of nitriles is 1. The van der Waals surface area contributed by atoms with E-state index in [0.29, 0.717) is 22.8 Å². The smallest absolute Gasteiger partial charge is 0.294 e. The normalized spacial score (nSPS) is 10.2. The van der Waals surface area contributed by atoms with E-state index in [0.717, 1.165) is 0 Å². The zero-order valence-corrected chi connectivity index (χ0v) is 12.8. The molecule has 3 aromatic rings. The molecule has 0 aliphatic carbocycles. The predicted octanol–water partition coefficient (Wildman–Crippen LogP) is 2.11. The molecule has 1 N–H and O–H groups in total. The van der Waals surface area contributed by atoms with E-state index in [2.05, 4.69) is 15.4 Å². The van der Waals surface area contributed by atoms with E-state index >= 15 is 0 Å². The molecule has 2 heterocycles. The molecule has 8 heteroatoms. The van der Waals surface area contributed by atoms with Gasteiger partial charge in [-0.3, -0.25) is 10.1 Å². The van der Waals surface area contributed by atoms with Gasteiger partial charge in [0.05, 0.1) is 17.9 Å². The number of carbonyl (C=O) groups is 1. The predicted molar refractivity (Wildman–Crippen MR) is 83.2 cm³/mol. The van der Waals surface area contributed by atoms with Crippen LogP contribution in [0.3, 0.4) is 0 Å². The fourth-order valence-corrected chi connectivity index (χ4v) is 2.03. The van der Waals surface area contributed by atoms with Crippen LogP contribution in [0.25, 0.3) is 0 Å². The van der Waals surface area contributed by atoms with Crippen molar-refractivity contribution in [2.45, 2.75) is 6.61 Å². The fourth-order valence-electron chi connectivity index (χ4n) is 2.03. The average Bonchev–Trinajstić information content (AvgIpc) is 3.22. The Morgan fingerprint density at radius 2 is 2.33 bits per heavy atom. The molecule has 0 atom stereocenters. The Balaban J connectivity index is 1.70. The van der Waals surface area contributed by atoms with E-state index in [1.165, 1.54) is 17.3 Å². The number of carbonyl (C=O) groups excluding carboxylic acids is 1. The molecule has 0 unspecified atom stereocenters. The highest BCUT2D eigenvalue weighted by Crippen LogP contribution is 2.18. The fraction of sp³-hybridized carbons (Fsp3) is 0.125. The second-order valence-corrected chi connectivity index (χ2v) is 4.86. The number of hydrogen-bond donors (Lipinski definition) is 1. The first-order valence-corrected chi connectivity index (χ1v) is 7.02. The summed E-state index contributed by atoms with van der Waals surface area (Å²) in [6, 6.07) is 10.5. The molecule has 0 radical (unpaired) electrons. The van der Waals surface area contributed by atoms with Crippen LogP contribution in [0.5, 0.6) is 5.75 Å². The Hall–Kier alpha value is -3.60. The van der Waals surface area contributed by atoms with Gasteiger partial charge in [0.1, 0.15) is 18.7 Å². The van der Waals surface area contributed by atoms with Crippen molar-refractivity contribution in [1.29, 1.82) is 5.26 Å². The van der Waals surface area contributed by atoms with Crippen molar-refractivity contribution in [3.63, 3.8) is 0 Å². The molecule has 3 rings (SSSR count). The lowest BCUT2D eigenvalue weighted by Crippen LogP contribution is -2.16. The Kier molecular flexibility index (Phi) is 4.25. The standard InChI is InChI=1S/C16H13N5O3/c1-21-16(18-10-19-21)20-15(22)14-12(5-6-23-14)9-24-13-4-2-3-11(7-13)8-17/h2-7,10H,9H2,1H3,(H,18,19,20,22). The molecule has 0 fully saturated rings. The Bertz CT molecular complexity index is 906. The van der Waals surface area contributed by atoms with Gasteiger partial charge >= 0.3 is 0 Å². The van der Waals surface area contributed by atoms with Crippen molar-refractivity contribution in [1.82, 2.24) is 14.8 Å². The number of aryl methyl sites for hydroxylation is 1. The van der Waals surface area contributed by atoms with E-state index in [-0.39, 0.29) is 12.4 Å². The number of aromatic nitrogens is 3. The molecule has 0 aliphatic heterocycles. The van der Waals surface area contributed by atoms with Crippen LogP contribution in [0.15, 0.2) is 47.3 Å². The third-order valence-corrected chi connectivity index (χ3v) is 3.25. The minimum atomic E-state index is -0.444. The number of rotatable bonds is 5. The summed E-state index contributed by atoms with van der Waals surface area (Å²) in [6.07, 6.45) is 2.75. The van der Waals surface area contributed by atoms with Crippen LogP contribution in [-0.2, 0) is 13.7 Å². The van der Waals surface area contributed by atoms with Gasteiger partial charge in [-0.25, -0.2) is 4.68 Å². The van der Waals surface area contributed by atoms with Crippen molar-refractivity contribution in [3.8, 4) is 11.8 Å². The SMILES string of the molecule is Cn1ncnc1NC(=O)c1occc1COc1cccc(C#N)c1. The molecule has 0 bridgehead atoms. The lowest BCUT2D eigenvalue weighted by molar-refractivity contribution is 0.0992. The number of anilines is 1. The first kappa shape index (κ1) is 15.3. The maximum Gasteiger partial charge on any atom is 0.294 e. The molecule has 0 saturated carbocycles. The highest BCUT2D eigenvalue weighted by Gasteiger charge is 2.17. The Labute approximate surface area is 137 Å². The minimum Gasteiger partial charge on any atom is -0.489 e. The number of benzene rings is 1. The number of furan rings is 1. The number of nitrogens with zero attached hydrogens (tertiary/aromatic N) is 4. The number of ether oxygens (including phenoxy) is 1. The largest absolute Gasteiger partial charge is 0.489 e. The molecule has 8 nitrogen and oxygen atoms in total. The first-order valence-electron chi connectivity index (χ1n) is 7.02. The third-order valence-electron chi connectivity index (χ3n) is 3.25. The molecule has 2 aromatic heterocycles. The summed E-state index contributed by atoms with van der Waals surface area (Å²) in [5.41, 5.74) is 1.08. The summed E-state index contributed by atoms with van der Waals surface area (Å²) in [5.74, 6) is 0.537. The molecule has 120 valence electrons. The van der Waals surface area contributed by atoms with Crippen LogP contribution in [0, 0.1) is 11.3 Å². The molecule has 24 heavy (non-hydrogen) atoms. The Morgan fingerprint density at radius 3 is 3.08 bits per heavy atom. The summed E-state index contributed by atoms with van der Waals surface area (Å²) in [4.78, 5) is 16.2. The molecule has 0 saturated heterocycles. The van der Waals surface area contributed by atoms with E-state index in [1.54, 1.807) is 37.4 Å². The molecular weight excluding hydrogens is 310 g/mol. The van der Waals surface area contributed by atoms with Gasteiger partial charge in [0.2, 0.25) is 5.95 Å². The summed E-state index contributed by atoms with van der Waals surface area (Å²) in [6.45, 7) is 0.132. The molecule has 0 aliphatic rings. The third kappa shape index (κ3) is 3.25. The average molecular weight is 323 g/mol. The maximum absolute atomic E-state index is 12.3. The topological polar surface area (TPSA) is 106 Å². The van der Waals surface area contributed by atoms with Crippen molar-refractivity contribution < 1.29 is 13.9 Å². The van der Waals surface area contributed by atoms with Crippen molar-refractivity contribution in [2.75, 3.05) is 5.32 Å². The molecule has 0 spiro atoms. The van der Waals surface area contributed by atoms with Gasteiger partial charge in [0.25, 0.3) is 5.91 Å². The number of nitrogens with one attached hydrogen (secondary N) is 1. The van der Waals surface area contributed by atoms with E-state index in [1.807, 2.05) is 6.07 Å². The summed E-state index contributed by atoms with van der Waals surface area (Å²) in [5, 5.41) is 15.4. The second-order valence-electron chi connectivity index (χ2n) is 4.86. The first-order chi connectivity index (χ1) is 11.7. The van der Waals surface area contributed by atoms with Crippen LogP contribution < -0.4 is 10.1 Å². The van der Waals surface area contributed by atoms with Gasteiger partial charge < -0.3 is 9.15 Å². The van der Waals surface area contributed by atoms with E-state index in [4.69, 9.17) is 14.4 Å². The van der Waals surface area contributed by atoms with Gasteiger partial charge in [-0.1, -0.05) is 6.07 Å². The molecule has 1 aromatic carbocycles. The monoisotopic (exact) mass is 323 g/mol.